The maximum absolute atomic E-state index is 12.3. The number of hydrogen-bond donors (Lipinski definition) is 2. The molecule has 0 bridgehead atoms. The largest absolute Gasteiger partial charge is 0.493 e. The van der Waals surface area contributed by atoms with Gasteiger partial charge in [-0.05, 0) is 54.4 Å². The molecule has 0 radical (unpaired) electrons. The number of nitrogens with one attached hydrogen (secondary N) is 2. The number of rotatable bonds is 11. The van der Waals surface area contributed by atoms with Gasteiger partial charge in [-0.1, -0.05) is 29.8 Å². The van der Waals surface area contributed by atoms with E-state index in [0.29, 0.717) is 40.7 Å². The first kappa shape index (κ1) is 26.1. The van der Waals surface area contributed by atoms with Crippen molar-refractivity contribution in [3.05, 3.63) is 82.9 Å². The minimum Gasteiger partial charge on any atom is -0.493 e. The Morgan fingerprint density at radius 2 is 1.58 bits per heavy atom. The molecule has 0 spiro atoms. The van der Waals surface area contributed by atoms with Gasteiger partial charge in [0.2, 0.25) is 0 Å². The summed E-state index contributed by atoms with van der Waals surface area (Å²) in [5.41, 5.74) is 5.64. The van der Waals surface area contributed by atoms with Crippen LogP contribution in [0.5, 0.6) is 23.0 Å². The average molecular weight is 492 g/mol. The third-order valence-electron chi connectivity index (χ3n) is 5.12. The van der Waals surface area contributed by atoms with Crippen molar-refractivity contribution in [2.75, 3.05) is 27.9 Å². The predicted molar refractivity (Wildman–Crippen MR) is 136 cm³/mol. The lowest BCUT2D eigenvalue weighted by atomic mass is 10.1. The zero-order valence-corrected chi connectivity index (χ0v) is 20.7. The minimum atomic E-state index is -0.481. The van der Waals surface area contributed by atoms with Crippen molar-refractivity contribution >= 4 is 18.0 Å². The number of carbonyl (C=O) groups excluding carboxylic acids is 2. The van der Waals surface area contributed by atoms with Gasteiger partial charge in [-0.2, -0.15) is 5.10 Å². The molecule has 0 atom stereocenters. The Bertz CT molecular complexity index is 1240. The van der Waals surface area contributed by atoms with Gasteiger partial charge in [-0.25, -0.2) is 5.43 Å². The Balaban J connectivity index is 1.51. The van der Waals surface area contributed by atoms with E-state index >= 15 is 0 Å². The second-order valence-electron chi connectivity index (χ2n) is 7.73. The molecule has 0 unspecified atom stereocenters. The summed E-state index contributed by atoms with van der Waals surface area (Å²) in [5, 5.41) is 6.48. The number of aryl methyl sites for hydroxylation is 1. The van der Waals surface area contributed by atoms with E-state index in [9.17, 15) is 9.59 Å². The number of methoxy groups -OCH3 is 3. The lowest BCUT2D eigenvalue weighted by Gasteiger charge is -2.11. The molecule has 0 saturated heterocycles. The summed E-state index contributed by atoms with van der Waals surface area (Å²) in [7, 11) is 4.54. The van der Waals surface area contributed by atoms with Crippen molar-refractivity contribution in [3.63, 3.8) is 0 Å². The Labute approximate surface area is 210 Å². The summed E-state index contributed by atoms with van der Waals surface area (Å²) < 4.78 is 21.7. The van der Waals surface area contributed by atoms with Gasteiger partial charge < -0.3 is 24.3 Å². The number of amides is 2. The highest BCUT2D eigenvalue weighted by molar-refractivity contribution is 5.97. The van der Waals surface area contributed by atoms with Crippen LogP contribution in [0.2, 0.25) is 0 Å². The highest BCUT2D eigenvalue weighted by atomic mass is 16.5. The first-order chi connectivity index (χ1) is 17.4. The van der Waals surface area contributed by atoms with Crippen LogP contribution in [-0.4, -0.2) is 45.9 Å². The fraction of sp³-hybridized carbons (Fsp3) is 0.222. The van der Waals surface area contributed by atoms with E-state index in [1.807, 2.05) is 25.1 Å². The van der Waals surface area contributed by atoms with Crippen molar-refractivity contribution in [3.8, 4) is 23.0 Å². The molecule has 0 aliphatic heterocycles. The second kappa shape index (κ2) is 12.8. The molecule has 0 aromatic heterocycles. The monoisotopic (exact) mass is 491 g/mol. The van der Waals surface area contributed by atoms with Crippen molar-refractivity contribution in [2.45, 2.75) is 13.5 Å². The van der Waals surface area contributed by atoms with E-state index in [-0.39, 0.29) is 6.54 Å². The summed E-state index contributed by atoms with van der Waals surface area (Å²) >= 11 is 0. The molecule has 0 saturated carbocycles. The van der Waals surface area contributed by atoms with Gasteiger partial charge in [0.1, 0.15) is 6.61 Å². The van der Waals surface area contributed by atoms with Gasteiger partial charge in [0, 0.05) is 5.56 Å². The van der Waals surface area contributed by atoms with Crippen LogP contribution in [0.4, 0.5) is 0 Å². The first-order valence-corrected chi connectivity index (χ1v) is 11.1. The minimum absolute atomic E-state index is 0.250. The number of carbonyl (C=O) groups is 2. The number of nitrogens with zero attached hydrogens (tertiary/aromatic N) is 1. The summed E-state index contributed by atoms with van der Waals surface area (Å²) in [6.45, 7) is 2.19. The molecule has 0 fully saturated rings. The molecule has 3 rings (SSSR count). The molecule has 9 nitrogen and oxygen atoms in total. The summed E-state index contributed by atoms with van der Waals surface area (Å²) in [5.74, 6) is 1.15. The Morgan fingerprint density at radius 1 is 0.861 bits per heavy atom. The van der Waals surface area contributed by atoms with Crippen LogP contribution < -0.4 is 29.7 Å². The van der Waals surface area contributed by atoms with Gasteiger partial charge in [0.25, 0.3) is 11.8 Å². The summed E-state index contributed by atoms with van der Waals surface area (Å²) in [6, 6.07) is 18.1. The van der Waals surface area contributed by atoms with Crippen molar-refractivity contribution in [2.24, 2.45) is 5.10 Å². The van der Waals surface area contributed by atoms with Crippen molar-refractivity contribution < 1.29 is 28.5 Å². The maximum atomic E-state index is 12.3. The highest BCUT2D eigenvalue weighted by Crippen LogP contribution is 2.29. The van der Waals surface area contributed by atoms with Crippen LogP contribution in [0, 0.1) is 6.92 Å². The maximum Gasteiger partial charge on any atom is 0.259 e. The summed E-state index contributed by atoms with van der Waals surface area (Å²) in [4.78, 5) is 24.4. The van der Waals surface area contributed by atoms with Crippen LogP contribution in [0.15, 0.2) is 65.8 Å². The van der Waals surface area contributed by atoms with Crippen LogP contribution >= 0.6 is 0 Å². The molecule has 3 aromatic carbocycles. The van der Waals surface area contributed by atoms with E-state index in [1.165, 1.54) is 26.5 Å². The molecule has 36 heavy (non-hydrogen) atoms. The molecular formula is C27H29N3O6. The van der Waals surface area contributed by atoms with Gasteiger partial charge in [-0.3, -0.25) is 9.59 Å². The molecule has 3 aromatic rings. The van der Waals surface area contributed by atoms with Crippen LogP contribution in [0.3, 0.4) is 0 Å². The molecule has 0 aliphatic carbocycles. The molecule has 9 heteroatoms. The van der Waals surface area contributed by atoms with E-state index in [4.69, 9.17) is 18.9 Å². The lowest BCUT2D eigenvalue weighted by Crippen LogP contribution is -2.34. The number of ether oxygens (including phenoxy) is 4. The lowest BCUT2D eigenvalue weighted by molar-refractivity contribution is -0.120. The number of benzene rings is 3. The van der Waals surface area contributed by atoms with Crippen molar-refractivity contribution in [1.29, 1.82) is 0 Å². The van der Waals surface area contributed by atoms with E-state index in [1.54, 1.807) is 37.4 Å². The number of hydrogen-bond acceptors (Lipinski definition) is 7. The average Bonchev–Trinajstić information content (AvgIpc) is 2.90. The second-order valence-corrected chi connectivity index (χ2v) is 7.73. The Hall–Kier alpha value is -4.53. The molecule has 0 aliphatic rings. The van der Waals surface area contributed by atoms with E-state index < -0.39 is 11.8 Å². The number of hydrazone groups is 1. The van der Waals surface area contributed by atoms with Crippen LogP contribution in [0.1, 0.15) is 27.0 Å². The SMILES string of the molecule is COc1ccc(C(=O)NCC(=O)NN=Cc2ccc(OCc3cccc(C)c3)c(OC)c2)cc1OC. The van der Waals surface area contributed by atoms with Crippen molar-refractivity contribution in [1.82, 2.24) is 10.7 Å². The van der Waals surface area contributed by atoms with Gasteiger partial charge in [-0.15, -0.1) is 0 Å². The molecule has 0 heterocycles. The van der Waals surface area contributed by atoms with Gasteiger partial charge in [0.05, 0.1) is 34.1 Å². The summed E-state index contributed by atoms with van der Waals surface area (Å²) in [6.07, 6.45) is 1.47. The smallest absolute Gasteiger partial charge is 0.259 e. The predicted octanol–water partition coefficient (Wildman–Crippen LogP) is 3.48. The fourth-order valence-corrected chi connectivity index (χ4v) is 3.31. The first-order valence-electron chi connectivity index (χ1n) is 11.1. The molecule has 2 amide bonds. The van der Waals surface area contributed by atoms with Gasteiger partial charge >= 0.3 is 0 Å². The highest BCUT2D eigenvalue weighted by Gasteiger charge is 2.12. The fourth-order valence-electron chi connectivity index (χ4n) is 3.31. The zero-order valence-electron chi connectivity index (χ0n) is 20.7. The third kappa shape index (κ3) is 7.23. The standard InChI is InChI=1S/C27H29N3O6/c1-18-6-5-7-20(12-18)17-36-23-10-8-19(13-24(23)34-3)15-29-30-26(31)16-28-27(32)21-9-11-22(33-2)25(14-21)35-4/h5-15H,16-17H2,1-4H3,(H,28,32)(H,30,31). The van der Waals surface area contributed by atoms with E-state index in [0.717, 1.165) is 11.1 Å². The quantitative estimate of drug-likeness (QED) is 0.314. The molecule has 188 valence electrons. The molecule has 2 N–H and O–H groups in total. The Kier molecular flexibility index (Phi) is 9.27. The van der Waals surface area contributed by atoms with E-state index in [2.05, 4.69) is 21.9 Å². The van der Waals surface area contributed by atoms with Crippen LogP contribution in [-0.2, 0) is 11.4 Å². The normalized spacial score (nSPS) is 10.6. The van der Waals surface area contributed by atoms with Crippen LogP contribution in [0.25, 0.3) is 0 Å². The third-order valence-corrected chi connectivity index (χ3v) is 5.12. The van der Waals surface area contributed by atoms with Gasteiger partial charge in [0.15, 0.2) is 23.0 Å². The molecular weight excluding hydrogens is 462 g/mol. The topological polar surface area (TPSA) is 107 Å². The zero-order chi connectivity index (χ0) is 25.9. The Morgan fingerprint density at radius 3 is 2.31 bits per heavy atom.